The molecule has 7 heteroatoms. The molecule has 0 saturated carbocycles. The molecule has 0 radical (unpaired) electrons. The van der Waals surface area contributed by atoms with Gasteiger partial charge in [-0.2, -0.15) is 0 Å². The van der Waals surface area contributed by atoms with Crippen LogP contribution in [0, 0.1) is 5.41 Å². The molecule has 226 valence electrons. The number of carbonyl (C=O) groups excluding carboxylic acids is 3. The summed E-state index contributed by atoms with van der Waals surface area (Å²) in [5.74, 6) is -0.691. The van der Waals surface area contributed by atoms with E-state index in [-0.39, 0.29) is 17.1 Å². The van der Waals surface area contributed by atoms with E-state index in [1.165, 1.54) is 30.1 Å². The lowest BCUT2D eigenvalue weighted by Crippen LogP contribution is -2.56. The second-order valence-corrected chi connectivity index (χ2v) is 12.1. The fourth-order valence-corrected chi connectivity index (χ4v) is 5.60. The maximum absolute atomic E-state index is 13.0. The van der Waals surface area contributed by atoms with Crippen LogP contribution < -0.4 is 10.2 Å². The van der Waals surface area contributed by atoms with Gasteiger partial charge in [-0.3, -0.25) is 14.4 Å². The predicted octanol–water partition coefficient (Wildman–Crippen LogP) is 5.55. The molecular formula is C35H47N3O4. The largest absolute Gasteiger partial charge is 0.394 e. The van der Waals surface area contributed by atoms with Crippen LogP contribution in [0.15, 0.2) is 83.0 Å². The van der Waals surface area contributed by atoms with Gasteiger partial charge in [0, 0.05) is 43.5 Å². The smallest absolute Gasteiger partial charge is 0.247 e. The summed E-state index contributed by atoms with van der Waals surface area (Å²) in [6, 6.07) is 6.45. The molecule has 42 heavy (non-hydrogen) atoms. The summed E-state index contributed by atoms with van der Waals surface area (Å²) in [4.78, 5) is 41.0. The van der Waals surface area contributed by atoms with Gasteiger partial charge in [-0.15, -0.1) is 0 Å². The van der Waals surface area contributed by atoms with Crippen LogP contribution in [-0.2, 0) is 9.59 Å². The minimum atomic E-state index is -0.999. The van der Waals surface area contributed by atoms with Crippen molar-refractivity contribution in [3.63, 3.8) is 0 Å². The van der Waals surface area contributed by atoms with E-state index in [9.17, 15) is 19.5 Å². The molecule has 1 fully saturated rings. The summed E-state index contributed by atoms with van der Waals surface area (Å²) in [6.07, 6.45) is 15.2. The van der Waals surface area contributed by atoms with E-state index in [0.717, 1.165) is 23.3 Å². The van der Waals surface area contributed by atoms with E-state index in [1.54, 1.807) is 11.8 Å². The number of piperazine rings is 1. The number of amides is 2. The van der Waals surface area contributed by atoms with Gasteiger partial charge in [-0.05, 0) is 87.8 Å². The van der Waals surface area contributed by atoms with Gasteiger partial charge in [0.2, 0.25) is 11.8 Å². The number of Topliss-reactive ketones (excluding diaryl/α,β-unsaturated/α-hetero) is 1. The summed E-state index contributed by atoms with van der Waals surface area (Å²) in [5.41, 5.74) is 6.61. The molecule has 1 aliphatic carbocycles. The van der Waals surface area contributed by atoms with E-state index in [2.05, 4.69) is 50.1 Å². The highest BCUT2D eigenvalue weighted by molar-refractivity contribution is 5.94. The van der Waals surface area contributed by atoms with Crippen LogP contribution in [0.25, 0.3) is 0 Å². The number of hydrogen-bond donors (Lipinski definition) is 2. The van der Waals surface area contributed by atoms with Crippen LogP contribution in [-0.4, -0.2) is 66.4 Å². The number of nitrogens with one attached hydrogen (secondary N) is 1. The molecule has 2 N–H and O–H groups in total. The van der Waals surface area contributed by atoms with E-state index < -0.39 is 18.6 Å². The number of carbonyl (C=O) groups is 3. The van der Waals surface area contributed by atoms with Crippen LogP contribution in [0.2, 0.25) is 0 Å². The second-order valence-electron chi connectivity index (χ2n) is 12.1. The highest BCUT2D eigenvalue weighted by Gasteiger charge is 2.28. The highest BCUT2D eigenvalue weighted by Crippen LogP contribution is 2.40. The minimum absolute atomic E-state index is 0.0251. The van der Waals surface area contributed by atoms with Crippen molar-refractivity contribution >= 4 is 23.3 Å². The topological polar surface area (TPSA) is 90.0 Å². The molecule has 1 aromatic rings. The standard InChI is InChI=1S/C35H47N3O4/c1-25(12-17-31-27(3)11-8-18-35(31,5)6)9-7-10-26(2)23-33(41)36-32(24-39)34(42)38-21-19-37(20-22-38)30-15-13-29(14-16-30)28(4)40/h7,9-10,12-17,23,32,39H,8,11,18-22,24H2,1-6H3,(H,36,41)/t32-/m0/s1. The number of hydrogen-bond acceptors (Lipinski definition) is 5. The molecule has 1 saturated heterocycles. The van der Waals surface area contributed by atoms with E-state index in [4.69, 9.17) is 0 Å². The molecule has 1 aliphatic heterocycles. The average Bonchev–Trinajstić information content (AvgIpc) is 2.95. The van der Waals surface area contributed by atoms with Crippen molar-refractivity contribution in [2.75, 3.05) is 37.7 Å². The summed E-state index contributed by atoms with van der Waals surface area (Å²) < 4.78 is 0. The van der Waals surface area contributed by atoms with Crippen molar-refractivity contribution in [3.05, 3.63) is 88.6 Å². The lowest BCUT2D eigenvalue weighted by molar-refractivity contribution is -0.137. The monoisotopic (exact) mass is 573 g/mol. The Labute approximate surface area is 251 Å². The Morgan fingerprint density at radius 3 is 2.26 bits per heavy atom. The third-order valence-corrected chi connectivity index (χ3v) is 8.16. The molecule has 0 aromatic heterocycles. The van der Waals surface area contributed by atoms with Gasteiger partial charge in [-0.25, -0.2) is 0 Å². The molecule has 1 heterocycles. The first-order chi connectivity index (χ1) is 19.9. The highest BCUT2D eigenvalue weighted by atomic mass is 16.3. The Bertz CT molecular complexity index is 1290. The number of rotatable bonds is 10. The quantitative estimate of drug-likeness (QED) is 0.218. The third kappa shape index (κ3) is 9.15. The zero-order chi connectivity index (χ0) is 30.9. The zero-order valence-corrected chi connectivity index (χ0v) is 26.1. The van der Waals surface area contributed by atoms with Crippen molar-refractivity contribution in [3.8, 4) is 0 Å². The van der Waals surface area contributed by atoms with E-state index in [0.29, 0.717) is 31.7 Å². The third-order valence-electron chi connectivity index (χ3n) is 8.16. The Morgan fingerprint density at radius 1 is 1.00 bits per heavy atom. The molecule has 1 aromatic carbocycles. The van der Waals surface area contributed by atoms with Gasteiger partial charge in [0.15, 0.2) is 5.78 Å². The van der Waals surface area contributed by atoms with Crippen molar-refractivity contribution in [1.29, 1.82) is 0 Å². The molecule has 1 atom stereocenters. The average molecular weight is 574 g/mol. The van der Waals surface area contributed by atoms with Gasteiger partial charge < -0.3 is 20.2 Å². The van der Waals surface area contributed by atoms with Gasteiger partial charge in [0.05, 0.1) is 6.61 Å². The summed E-state index contributed by atoms with van der Waals surface area (Å²) in [7, 11) is 0. The number of allylic oxidation sites excluding steroid dienone is 9. The molecule has 0 spiro atoms. The van der Waals surface area contributed by atoms with Gasteiger partial charge in [-0.1, -0.05) is 55.4 Å². The van der Waals surface area contributed by atoms with E-state index >= 15 is 0 Å². The first kappa shape index (κ1) is 32.8. The van der Waals surface area contributed by atoms with E-state index in [1.807, 2.05) is 49.4 Å². The van der Waals surface area contributed by atoms with Crippen molar-refractivity contribution in [1.82, 2.24) is 10.2 Å². The Balaban J connectivity index is 1.51. The Morgan fingerprint density at radius 2 is 1.67 bits per heavy atom. The molecule has 2 amide bonds. The van der Waals surface area contributed by atoms with Crippen LogP contribution in [0.4, 0.5) is 5.69 Å². The lowest BCUT2D eigenvalue weighted by atomic mass is 9.72. The van der Waals surface area contributed by atoms with Gasteiger partial charge in [0.25, 0.3) is 0 Å². The summed E-state index contributed by atoms with van der Waals surface area (Å²) in [6.45, 7) is 14.0. The SMILES string of the molecule is CC(=O)c1ccc(N2CCN(C(=O)[C@H](CO)NC(=O)C=C(C)C=CC=C(C)C=CC3=C(C)CCCC3(C)C)CC2)cc1. The summed E-state index contributed by atoms with van der Waals surface area (Å²) in [5, 5.41) is 12.5. The molecular weight excluding hydrogens is 526 g/mol. The van der Waals surface area contributed by atoms with Crippen LogP contribution in [0.1, 0.15) is 71.2 Å². The van der Waals surface area contributed by atoms with Gasteiger partial charge in [0.1, 0.15) is 6.04 Å². The van der Waals surface area contributed by atoms with Crippen LogP contribution in [0.5, 0.6) is 0 Å². The Kier molecular flexibility index (Phi) is 11.7. The first-order valence-electron chi connectivity index (χ1n) is 14.9. The number of anilines is 1. The molecule has 3 rings (SSSR count). The molecule has 2 aliphatic rings. The van der Waals surface area contributed by atoms with Crippen LogP contribution >= 0.6 is 0 Å². The number of nitrogens with zero attached hydrogens (tertiary/aromatic N) is 2. The van der Waals surface area contributed by atoms with Crippen molar-refractivity contribution < 1.29 is 19.5 Å². The fraction of sp³-hybridized carbons (Fsp3) is 0.457. The second kappa shape index (κ2) is 15.0. The Hall–Kier alpha value is -3.71. The van der Waals surface area contributed by atoms with Crippen LogP contribution in [0.3, 0.4) is 0 Å². The number of aliphatic hydroxyl groups excluding tert-OH is 1. The molecule has 0 bridgehead atoms. The zero-order valence-electron chi connectivity index (χ0n) is 26.1. The van der Waals surface area contributed by atoms with Crippen molar-refractivity contribution in [2.24, 2.45) is 5.41 Å². The first-order valence-corrected chi connectivity index (χ1v) is 14.9. The van der Waals surface area contributed by atoms with Gasteiger partial charge >= 0.3 is 0 Å². The van der Waals surface area contributed by atoms with Crippen molar-refractivity contribution in [2.45, 2.75) is 66.8 Å². The normalized spacial score (nSPS) is 19.0. The lowest BCUT2D eigenvalue weighted by Gasteiger charge is -2.37. The maximum atomic E-state index is 13.0. The molecule has 7 nitrogen and oxygen atoms in total. The number of ketones is 1. The summed E-state index contributed by atoms with van der Waals surface area (Å²) >= 11 is 0. The number of benzene rings is 1. The fourth-order valence-electron chi connectivity index (χ4n) is 5.60. The maximum Gasteiger partial charge on any atom is 0.247 e. The molecule has 0 unspecified atom stereocenters. The number of aliphatic hydroxyl groups is 1. The predicted molar refractivity (Wildman–Crippen MR) is 170 cm³/mol. The minimum Gasteiger partial charge on any atom is -0.394 e.